The number of hydrogen-bond acceptors (Lipinski definition) is 3. The predicted octanol–water partition coefficient (Wildman–Crippen LogP) is 3.53. The lowest BCUT2D eigenvalue weighted by Gasteiger charge is -2.17. The normalized spacial score (nSPS) is 12.1. The number of carbonyl (C=O) groups excluding carboxylic acids is 1. The third kappa shape index (κ3) is 3.11. The van der Waals surface area contributed by atoms with Gasteiger partial charge in [0.1, 0.15) is 17.1 Å². The number of benzene rings is 1. The van der Waals surface area contributed by atoms with E-state index in [0.29, 0.717) is 5.69 Å². The maximum Gasteiger partial charge on any atom is 0.271 e. The van der Waals surface area contributed by atoms with Gasteiger partial charge in [0, 0.05) is 11.9 Å². The van der Waals surface area contributed by atoms with E-state index in [1.54, 1.807) is 13.3 Å². The van der Waals surface area contributed by atoms with Crippen molar-refractivity contribution in [2.75, 3.05) is 7.11 Å². The molecule has 0 saturated heterocycles. The highest BCUT2D eigenvalue weighted by molar-refractivity contribution is 5.93. The lowest BCUT2D eigenvalue weighted by Crippen LogP contribution is -2.28. The smallest absolute Gasteiger partial charge is 0.271 e. The Morgan fingerprint density at radius 3 is 2.62 bits per heavy atom. The highest BCUT2D eigenvalue weighted by Gasteiger charge is 2.17. The minimum absolute atomic E-state index is 0.0608. The molecule has 0 radical (unpaired) electrons. The molecule has 2 aromatic heterocycles. The zero-order chi connectivity index (χ0) is 17.1. The van der Waals surface area contributed by atoms with Crippen molar-refractivity contribution in [2.24, 2.45) is 0 Å². The lowest BCUT2D eigenvalue weighted by molar-refractivity contribution is 0.0931. The first kappa shape index (κ1) is 16.1. The molecule has 0 fully saturated rings. The Labute approximate surface area is 141 Å². The number of nitrogens with one attached hydrogen (secondary N) is 1. The molecule has 5 nitrogen and oxygen atoms in total. The van der Waals surface area contributed by atoms with E-state index < -0.39 is 0 Å². The Bertz CT molecular complexity index is 853. The molecule has 0 spiro atoms. The van der Waals surface area contributed by atoms with Gasteiger partial charge in [-0.1, -0.05) is 25.1 Å². The molecule has 24 heavy (non-hydrogen) atoms. The second kappa shape index (κ2) is 6.74. The number of nitrogens with zero attached hydrogens (tertiary/aromatic N) is 2. The van der Waals surface area contributed by atoms with E-state index in [9.17, 15) is 4.79 Å². The monoisotopic (exact) mass is 323 g/mol. The van der Waals surface area contributed by atoms with Gasteiger partial charge in [-0.25, -0.2) is 4.98 Å². The van der Waals surface area contributed by atoms with Crippen molar-refractivity contribution < 1.29 is 9.53 Å². The molecule has 0 aliphatic rings. The highest BCUT2D eigenvalue weighted by atomic mass is 16.5. The van der Waals surface area contributed by atoms with Gasteiger partial charge in [-0.05, 0) is 43.2 Å². The minimum Gasteiger partial charge on any atom is -0.497 e. The average molecular weight is 323 g/mol. The first-order valence-corrected chi connectivity index (χ1v) is 8.02. The first-order valence-electron chi connectivity index (χ1n) is 8.02. The van der Waals surface area contributed by atoms with E-state index in [1.165, 1.54) is 0 Å². The molecule has 1 aromatic carbocycles. The van der Waals surface area contributed by atoms with Crippen LogP contribution in [-0.2, 0) is 0 Å². The molecule has 0 aliphatic heterocycles. The SMILES string of the molecule is CC[C@@H](NC(=O)c1cn2c(C)cccc2n1)c1ccc(OC)cc1. The van der Waals surface area contributed by atoms with Crippen LogP contribution in [0.2, 0.25) is 0 Å². The van der Waals surface area contributed by atoms with Crippen molar-refractivity contribution in [3.05, 3.63) is 65.6 Å². The number of carbonyl (C=O) groups is 1. The van der Waals surface area contributed by atoms with Gasteiger partial charge in [0.05, 0.1) is 13.2 Å². The number of rotatable bonds is 5. The van der Waals surface area contributed by atoms with E-state index >= 15 is 0 Å². The molecule has 5 heteroatoms. The number of imidazole rings is 1. The fraction of sp³-hybridized carbons (Fsp3) is 0.263. The highest BCUT2D eigenvalue weighted by Crippen LogP contribution is 2.20. The summed E-state index contributed by atoms with van der Waals surface area (Å²) in [5.41, 5.74) is 3.29. The molecule has 3 aromatic rings. The topological polar surface area (TPSA) is 55.6 Å². The van der Waals surface area contributed by atoms with Gasteiger partial charge in [0.2, 0.25) is 0 Å². The molecule has 0 aliphatic carbocycles. The number of fused-ring (bicyclic) bond motifs is 1. The Morgan fingerprint density at radius 1 is 1.25 bits per heavy atom. The van der Waals surface area contributed by atoms with Gasteiger partial charge in [-0.3, -0.25) is 4.79 Å². The standard InChI is InChI=1S/C19H21N3O2/c1-4-16(14-8-10-15(24-3)11-9-14)21-19(23)17-12-22-13(2)6-5-7-18(22)20-17/h5-12,16H,4H2,1-3H3,(H,21,23)/t16-/m1/s1. The third-order valence-electron chi connectivity index (χ3n) is 4.16. The maximum atomic E-state index is 12.6. The van der Waals surface area contributed by atoms with E-state index in [4.69, 9.17) is 4.74 Å². The molecule has 2 heterocycles. The van der Waals surface area contributed by atoms with Crippen LogP contribution in [0.3, 0.4) is 0 Å². The minimum atomic E-state index is -0.166. The molecule has 1 atom stereocenters. The van der Waals surface area contributed by atoms with Crippen LogP contribution >= 0.6 is 0 Å². The van der Waals surface area contributed by atoms with Crippen molar-refractivity contribution in [1.82, 2.24) is 14.7 Å². The van der Waals surface area contributed by atoms with Crippen molar-refractivity contribution >= 4 is 11.6 Å². The number of amides is 1. The molecule has 3 rings (SSSR count). The third-order valence-corrected chi connectivity index (χ3v) is 4.16. The number of ether oxygens (including phenoxy) is 1. The molecule has 0 bridgehead atoms. The second-order valence-corrected chi connectivity index (χ2v) is 5.73. The van der Waals surface area contributed by atoms with Gasteiger partial charge in [-0.2, -0.15) is 0 Å². The summed E-state index contributed by atoms with van der Waals surface area (Å²) < 4.78 is 7.10. The van der Waals surface area contributed by atoms with Crippen molar-refractivity contribution in [3.63, 3.8) is 0 Å². The maximum absolute atomic E-state index is 12.6. The summed E-state index contributed by atoms with van der Waals surface area (Å²) in [4.78, 5) is 17.0. The summed E-state index contributed by atoms with van der Waals surface area (Å²) in [6, 6.07) is 13.5. The van der Waals surface area contributed by atoms with Crippen LogP contribution in [0.1, 0.15) is 41.1 Å². The predicted molar refractivity (Wildman–Crippen MR) is 93.4 cm³/mol. The second-order valence-electron chi connectivity index (χ2n) is 5.73. The Morgan fingerprint density at radius 2 is 2.00 bits per heavy atom. The van der Waals surface area contributed by atoms with Crippen LogP contribution in [0.4, 0.5) is 0 Å². The van der Waals surface area contributed by atoms with E-state index in [0.717, 1.165) is 29.1 Å². The number of methoxy groups -OCH3 is 1. The van der Waals surface area contributed by atoms with Crippen LogP contribution in [0, 0.1) is 6.92 Å². The largest absolute Gasteiger partial charge is 0.497 e. The first-order chi connectivity index (χ1) is 11.6. The number of aromatic nitrogens is 2. The summed E-state index contributed by atoms with van der Waals surface area (Å²) in [5, 5.41) is 3.06. The number of pyridine rings is 1. The van der Waals surface area contributed by atoms with Crippen molar-refractivity contribution in [3.8, 4) is 5.75 Å². The van der Waals surface area contributed by atoms with Crippen LogP contribution in [0.15, 0.2) is 48.7 Å². The van der Waals surface area contributed by atoms with Crippen molar-refractivity contribution in [2.45, 2.75) is 26.3 Å². The molecule has 1 N–H and O–H groups in total. The van der Waals surface area contributed by atoms with Gasteiger partial charge >= 0.3 is 0 Å². The quantitative estimate of drug-likeness (QED) is 0.781. The van der Waals surface area contributed by atoms with Crippen LogP contribution in [-0.4, -0.2) is 22.4 Å². The molecule has 1 amide bonds. The summed E-state index contributed by atoms with van der Waals surface area (Å²) in [5.74, 6) is 0.636. The summed E-state index contributed by atoms with van der Waals surface area (Å²) in [6.07, 6.45) is 2.57. The summed E-state index contributed by atoms with van der Waals surface area (Å²) in [7, 11) is 1.64. The average Bonchev–Trinajstić information content (AvgIpc) is 3.05. The molecular weight excluding hydrogens is 302 g/mol. The van der Waals surface area contributed by atoms with Gasteiger partial charge in [-0.15, -0.1) is 0 Å². The van der Waals surface area contributed by atoms with Crippen molar-refractivity contribution in [1.29, 1.82) is 0 Å². The Hall–Kier alpha value is -2.82. The zero-order valence-electron chi connectivity index (χ0n) is 14.1. The van der Waals surface area contributed by atoms with Crippen LogP contribution in [0.5, 0.6) is 5.75 Å². The fourth-order valence-corrected chi connectivity index (χ4v) is 2.75. The van der Waals surface area contributed by atoms with Gasteiger partial charge < -0.3 is 14.5 Å². The molecule has 124 valence electrons. The Kier molecular flexibility index (Phi) is 4.51. The van der Waals surface area contributed by atoms with Gasteiger partial charge in [0.25, 0.3) is 5.91 Å². The Balaban J connectivity index is 1.81. The molecule has 0 unspecified atom stereocenters. The van der Waals surface area contributed by atoms with E-state index in [1.807, 2.05) is 60.7 Å². The lowest BCUT2D eigenvalue weighted by atomic mass is 10.0. The molecular formula is C19H21N3O2. The summed E-state index contributed by atoms with van der Waals surface area (Å²) >= 11 is 0. The number of aryl methyl sites for hydroxylation is 1. The van der Waals surface area contributed by atoms with Crippen LogP contribution < -0.4 is 10.1 Å². The van der Waals surface area contributed by atoms with E-state index in [-0.39, 0.29) is 11.9 Å². The van der Waals surface area contributed by atoms with Crippen LogP contribution in [0.25, 0.3) is 5.65 Å². The van der Waals surface area contributed by atoms with Gasteiger partial charge in [0.15, 0.2) is 0 Å². The van der Waals surface area contributed by atoms with E-state index in [2.05, 4.69) is 10.3 Å². The molecule has 0 saturated carbocycles. The number of hydrogen-bond donors (Lipinski definition) is 1. The fourth-order valence-electron chi connectivity index (χ4n) is 2.75. The zero-order valence-corrected chi connectivity index (χ0v) is 14.1. The summed E-state index contributed by atoms with van der Waals surface area (Å²) in [6.45, 7) is 4.03.